The number of nitrogens with zero attached hydrogens (tertiary/aromatic N) is 1. The van der Waals surface area contributed by atoms with E-state index in [4.69, 9.17) is 4.98 Å². The van der Waals surface area contributed by atoms with Crippen LogP contribution in [0.4, 0.5) is 10.8 Å². The quantitative estimate of drug-likeness (QED) is 0.627. The minimum absolute atomic E-state index is 0.910. The van der Waals surface area contributed by atoms with Gasteiger partial charge in [-0.2, -0.15) is 0 Å². The predicted octanol–water partition coefficient (Wildman–Crippen LogP) is 5.93. The summed E-state index contributed by atoms with van der Waals surface area (Å²) < 4.78 is 1.07. The minimum atomic E-state index is 0.910. The summed E-state index contributed by atoms with van der Waals surface area (Å²) in [5, 5.41) is 6.35. The number of thiazole rings is 1. The van der Waals surface area contributed by atoms with Crippen LogP contribution in [0.1, 0.15) is 11.1 Å². The van der Waals surface area contributed by atoms with E-state index < -0.39 is 0 Å². The monoisotopic (exact) mass is 358 g/mol. The number of anilines is 2. The van der Waals surface area contributed by atoms with Gasteiger partial charge in [-0.1, -0.05) is 33.6 Å². The van der Waals surface area contributed by atoms with Crippen molar-refractivity contribution in [1.82, 2.24) is 4.98 Å². The fraction of sp³-hybridized carbons (Fsp3) is 0.118. The Bertz CT molecular complexity index is 763. The summed E-state index contributed by atoms with van der Waals surface area (Å²) in [5.74, 6) is 0. The Morgan fingerprint density at radius 3 is 2.57 bits per heavy atom. The summed E-state index contributed by atoms with van der Waals surface area (Å²) in [6, 6.07) is 14.6. The van der Waals surface area contributed by atoms with Crippen molar-refractivity contribution in [2.24, 2.45) is 0 Å². The maximum atomic E-state index is 4.70. The molecule has 106 valence electrons. The molecule has 0 fully saturated rings. The van der Waals surface area contributed by atoms with Gasteiger partial charge in [0.1, 0.15) is 0 Å². The topological polar surface area (TPSA) is 24.9 Å². The molecule has 0 spiro atoms. The van der Waals surface area contributed by atoms with Crippen LogP contribution in [0, 0.1) is 13.8 Å². The minimum Gasteiger partial charge on any atom is -0.332 e. The average Bonchev–Trinajstić information content (AvgIpc) is 2.92. The molecule has 0 saturated heterocycles. The van der Waals surface area contributed by atoms with E-state index >= 15 is 0 Å². The molecule has 0 aliphatic rings. The predicted molar refractivity (Wildman–Crippen MR) is 94.4 cm³/mol. The van der Waals surface area contributed by atoms with Crippen molar-refractivity contribution >= 4 is 38.1 Å². The molecule has 0 amide bonds. The summed E-state index contributed by atoms with van der Waals surface area (Å²) in [6.07, 6.45) is 0. The van der Waals surface area contributed by atoms with E-state index in [9.17, 15) is 0 Å². The third kappa shape index (κ3) is 3.34. The first-order valence-electron chi connectivity index (χ1n) is 6.67. The lowest BCUT2D eigenvalue weighted by atomic mass is 10.0. The van der Waals surface area contributed by atoms with Crippen LogP contribution < -0.4 is 5.32 Å². The number of halogens is 1. The maximum absolute atomic E-state index is 4.70. The molecule has 2 aromatic carbocycles. The number of aryl methyl sites for hydroxylation is 2. The van der Waals surface area contributed by atoms with Crippen LogP contribution in [-0.2, 0) is 0 Å². The summed E-state index contributed by atoms with van der Waals surface area (Å²) in [5.41, 5.74) is 5.78. The molecule has 1 aromatic heterocycles. The SMILES string of the molecule is Cc1ccc(C)c(-c2csc(Nc3ccc(Br)cc3)n2)c1. The van der Waals surface area contributed by atoms with Gasteiger partial charge in [0.05, 0.1) is 5.69 Å². The zero-order valence-corrected chi connectivity index (χ0v) is 14.3. The largest absolute Gasteiger partial charge is 0.332 e. The Kier molecular flexibility index (Phi) is 4.08. The van der Waals surface area contributed by atoms with Gasteiger partial charge in [-0.05, 0) is 49.7 Å². The molecule has 1 heterocycles. The first-order valence-corrected chi connectivity index (χ1v) is 8.35. The molecule has 3 aromatic rings. The number of rotatable bonds is 3. The molecule has 1 N–H and O–H groups in total. The van der Waals surface area contributed by atoms with Crippen molar-refractivity contribution in [3.63, 3.8) is 0 Å². The van der Waals surface area contributed by atoms with Crippen molar-refractivity contribution in [2.45, 2.75) is 13.8 Å². The molecular formula is C17H15BrN2S. The standard InChI is InChI=1S/C17H15BrN2S/c1-11-3-4-12(2)15(9-11)16-10-21-17(20-16)19-14-7-5-13(18)6-8-14/h3-10H,1-2H3,(H,19,20). The average molecular weight is 359 g/mol. The summed E-state index contributed by atoms with van der Waals surface area (Å²) in [6.45, 7) is 4.23. The van der Waals surface area contributed by atoms with E-state index in [1.807, 2.05) is 24.3 Å². The molecule has 0 bridgehead atoms. The number of benzene rings is 2. The van der Waals surface area contributed by atoms with Crippen LogP contribution in [0.25, 0.3) is 11.3 Å². The molecule has 0 unspecified atom stereocenters. The lowest BCUT2D eigenvalue weighted by Crippen LogP contribution is -1.90. The van der Waals surface area contributed by atoms with Gasteiger partial charge < -0.3 is 5.32 Å². The fourth-order valence-corrected chi connectivity index (χ4v) is 3.12. The van der Waals surface area contributed by atoms with Crippen LogP contribution in [0.2, 0.25) is 0 Å². The highest BCUT2D eigenvalue weighted by Crippen LogP contribution is 2.30. The highest BCUT2D eigenvalue weighted by atomic mass is 79.9. The zero-order valence-electron chi connectivity index (χ0n) is 11.9. The van der Waals surface area contributed by atoms with Gasteiger partial charge in [-0.25, -0.2) is 4.98 Å². The molecule has 2 nitrogen and oxygen atoms in total. The number of aromatic nitrogens is 1. The van der Waals surface area contributed by atoms with Gasteiger partial charge in [0.2, 0.25) is 0 Å². The van der Waals surface area contributed by atoms with Gasteiger partial charge >= 0.3 is 0 Å². The summed E-state index contributed by atoms with van der Waals surface area (Å²) in [4.78, 5) is 4.70. The molecule has 3 rings (SSSR count). The zero-order chi connectivity index (χ0) is 14.8. The van der Waals surface area contributed by atoms with Gasteiger partial charge in [0, 0.05) is 21.1 Å². The number of hydrogen-bond acceptors (Lipinski definition) is 3. The first kappa shape index (κ1) is 14.3. The third-order valence-corrected chi connectivity index (χ3v) is 4.56. The molecule has 0 atom stereocenters. The Hall–Kier alpha value is -1.65. The van der Waals surface area contributed by atoms with Crippen molar-refractivity contribution in [3.8, 4) is 11.3 Å². The van der Waals surface area contributed by atoms with Crippen molar-refractivity contribution in [1.29, 1.82) is 0 Å². The van der Waals surface area contributed by atoms with Crippen LogP contribution in [-0.4, -0.2) is 4.98 Å². The van der Waals surface area contributed by atoms with Gasteiger partial charge in [0.15, 0.2) is 5.13 Å². The van der Waals surface area contributed by atoms with Gasteiger partial charge in [0.25, 0.3) is 0 Å². The van der Waals surface area contributed by atoms with E-state index in [0.717, 1.165) is 21.0 Å². The van der Waals surface area contributed by atoms with Gasteiger partial charge in [-0.15, -0.1) is 11.3 Å². The third-order valence-electron chi connectivity index (χ3n) is 3.27. The van der Waals surface area contributed by atoms with E-state index in [1.54, 1.807) is 11.3 Å². The Balaban J connectivity index is 1.86. The lowest BCUT2D eigenvalue weighted by Gasteiger charge is -2.04. The Morgan fingerprint density at radius 2 is 1.81 bits per heavy atom. The van der Waals surface area contributed by atoms with Crippen LogP contribution >= 0.6 is 27.3 Å². The fourth-order valence-electron chi connectivity index (χ4n) is 2.12. The Morgan fingerprint density at radius 1 is 1.05 bits per heavy atom. The van der Waals surface area contributed by atoms with Crippen molar-refractivity contribution in [2.75, 3.05) is 5.32 Å². The van der Waals surface area contributed by atoms with E-state index in [-0.39, 0.29) is 0 Å². The van der Waals surface area contributed by atoms with Crippen molar-refractivity contribution in [3.05, 3.63) is 63.4 Å². The lowest BCUT2D eigenvalue weighted by molar-refractivity contribution is 1.33. The van der Waals surface area contributed by atoms with Crippen molar-refractivity contribution < 1.29 is 0 Å². The maximum Gasteiger partial charge on any atom is 0.187 e. The summed E-state index contributed by atoms with van der Waals surface area (Å²) in [7, 11) is 0. The second kappa shape index (κ2) is 6.00. The smallest absolute Gasteiger partial charge is 0.187 e. The molecule has 4 heteroatoms. The second-order valence-electron chi connectivity index (χ2n) is 4.99. The number of nitrogens with one attached hydrogen (secondary N) is 1. The highest BCUT2D eigenvalue weighted by Gasteiger charge is 2.07. The van der Waals surface area contributed by atoms with Crippen LogP contribution in [0.15, 0.2) is 52.3 Å². The molecule has 21 heavy (non-hydrogen) atoms. The summed E-state index contributed by atoms with van der Waals surface area (Å²) >= 11 is 5.06. The molecule has 0 aliphatic heterocycles. The second-order valence-corrected chi connectivity index (χ2v) is 6.76. The van der Waals surface area contributed by atoms with E-state index in [2.05, 4.69) is 58.7 Å². The Labute approximate surface area is 137 Å². The van der Waals surface area contributed by atoms with Gasteiger partial charge in [-0.3, -0.25) is 0 Å². The normalized spacial score (nSPS) is 10.6. The number of hydrogen-bond donors (Lipinski definition) is 1. The van der Waals surface area contributed by atoms with E-state index in [1.165, 1.54) is 16.7 Å². The van der Waals surface area contributed by atoms with Crippen LogP contribution in [0.3, 0.4) is 0 Å². The molecular weight excluding hydrogens is 344 g/mol. The molecule has 0 aliphatic carbocycles. The highest BCUT2D eigenvalue weighted by molar-refractivity contribution is 9.10. The van der Waals surface area contributed by atoms with E-state index in [0.29, 0.717) is 0 Å². The molecule has 0 saturated carbocycles. The molecule has 0 radical (unpaired) electrons. The first-order chi connectivity index (χ1) is 10.1. The van der Waals surface area contributed by atoms with Crippen LogP contribution in [0.5, 0.6) is 0 Å².